The molecule has 3 fully saturated rings. The second kappa shape index (κ2) is 36.5. The molecule has 0 aromatic heterocycles. The number of carboxylic acids is 1. The molecule has 34 nitrogen and oxygen atoms in total. The predicted molar refractivity (Wildman–Crippen MR) is 405 cm³/mol. The van der Waals surface area contributed by atoms with E-state index in [0.717, 1.165) is 55.0 Å². The molecule has 0 spiro atoms. The van der Waals surface area contributed by atoms with Crippen LogP contribution in [0.3, 0.4) is 0 Å². The van der Waals surface area contributed by atoms with Crippen LogP contribution in [-0.4, -0.2) is 192 Å². The summed E-state index contributed by atoms with van der Waals surface area (Å²) in [5, 5.41) is 125. The highest BCUT2D eigenvalue weighted by Crippen LogP contribution is 2.51. The summed E-state index contributed by atoms with van der Waals surface area (Å²) >= 11 is 14.3. The van der Waals surface area contributed by atoms with Gasteiger partial charge < -0.3 is 122 Å². The van der Waals surface area contributed by atoms with Crippen molar-refractivity contribution in [3.05, 3.63) is 116 Å². The number of rotatable bonds is 22. The van der Waals surface area contributed by atoms with Crippen LogP contribution in [-0.2, 0) is 68.6 Å². The van der Waals surface area contributed by atoms with Crippen LogP contribution in [0.4, 0.5) is 4.79 Å². The fourth-order valence-electron chi connectivity index (χ4n) is 15.4. The Morgan fingerprint density at radius 1 is 0.739 bits per heavy atom. The summed E-state index contributed by atoms with van der Waals surface area (Å²) in [7, 11) is 0. The van der Waals surface area contributed by atoms with E-state index in [2.05, 4.69) is 37.2 Å². The minimum absolute atomic E-state index is 0.0280. The van der Waals surface area contributed by atoms with E-state index in [9.17, 15) is 69.9 Å². The Balaban J connectivity index is 1.12. The minimum Gasteiger partial charge on any atom is -0.507 e. The van der Waals surface area contributed by atoms with E-state index in [1.165, 1.54) is 31.2 Å². The monoisotopic (exact) mass is 1640 g/mol. The lowest BCUT2D eigenvalue weighted by atomic mass is 9.84. The van der Waals surface area contributed by atoms with Crippen molar-refractivity contribution < 1.29 is 127 Å². The van der Waals surface area contributed by atoms with Gasteiger partial charge in [0, 0.05) is 68.3 Å². The van der Waals surface area contributed by atoms with Gasteiger partial charge >= 0.3 is 12.1 Å². The van der Waals surface area contributed by atoms with Gasteiger partial charge in [-0.15, -0.1) is 0 Å². The molecule has 620 valence electrons. The average molecular weight is 1640 g/mol. The van der Waals surface area contributed by atoms with E-state index < -0.39 is 244 Å². The van der Waals surface area contributed by atoms with Crippen LogP contribution in [0.25, 0.3) is 11.1 Å². The van der Waals surface area contributed by atoms with Crippen LogP contribution in [0.2, 0.25) is 10.0 Å². The van der Waals surface area contributed by atoms with Crippen molar-refractivity contribution >= 4 is 82.3 Å². The molecule has 0 unspecified atom stereocenters. The third kappa shape index (κ3) is 19.3. The lowest BCUT2D eigenvalue weighted by Gasteiger charge is -2.46. The van der Waals surface area contributed by atoms with Crippen LogP contribution in [0.15, 0.2) is 72.8 Å². The zero-order valence-corrected chi connectivity index (χ0v) is 65.0. The van der Waals surface area contributed by atoms with Crippen LogP contribution in [0.1, 0.15) is 169 Å². The first-order valence-electron chi connectivity index (χ1n) is 37.8. The number of nitrogens with one attached hydrogen (secondary N) is 7. The molecule has 7 amide bonds. The lowest BCUT2D eigenvalue weighted by molar-refractivity contribution is -0.332. The number of primary amides is 1. The number of phenolic OH excluding ortho intramolecular Hbond substituents is 3. The van der Waals surface area contributed by atoms with Crippen molar-refractivity contribution in [1.82, 2.24) is 37.2 Å². The fourth-order valence-corrected chi connectivity index (χ4v) is 15.8. The van der Waals surface area contributed by atoms with Crippen molar-refractivity contribution in [3.63, 3.8) is 0 Å². The highest BCUT2D eigenvalue weighted by atomic mass is 35.5. The second-order valence-corrected chi connectivity index (χ2v) is 31.1. The summed E-state index contributed by atoms with van der Waals surface area (Å²) in [4.78, 5) is 144. The summed E-state index contributed by atoms with van der Waals surface area (Å²) < 4.78 is 44.6. The van der Waals surface area contributed by atoms with Crippen molar-refractivity contribution in [1.29, 1.82) is 0 Å². The first-order chi connectivity index (χ1) is 54.6. The first-order valence-corrected chi connectivity index (χ1v) is 38.5. The Bertz CT molecular complexity index is 4570. The molecule has 8 heterocycles. The molecule has 18 atom stereocenters. The molecule has 0 saturated carbocycles. The molecular formula is C79H94Cl2N8O26. The topological polar surface area (TPSA) is 528 Å². The number of fused-ring (bicyclic) bond motifs is 16. The van der Waals surface area contributed by atoms with Crippen LogP contribution >= 0.6 is 23.2 Å². The number of carbonyl (C=O) groups is 10. The average Bonchev–Trinajstić information content (AvgIpc) is 1.28. The van der Waals surface area contributed by atoms with Crippen molar-refractivity contribution in [2.24, 2.45) is 23.5 Å². The smallest absolute Gasteiger partial charge is 0.408 e. The Labute approximate surface area is 669 Å². The number of aliphatic hydroxyl groups excluding tert-OH is 5. The Morgan fingerprint density at radius 2 is 1.39 bits per heavy atom. The number of benzene rings is 5. The molecule has 36 heteroatoms. The number of ether oxygens (including phenoxy) is 7. The number of alkyl carbamates (subject to hydrolysis) is 1. The largest absolute Gasteiger partial charge is 0.507 e. The number of phenols is 3. The number of hydrogen-bond donors (Lipinski definition) is 17. The first kappa shape index (κ1) is 85.9. The molecule has 8 aliphatic heterocycles. The summed E-state index contributed by atoms with van der Waals surface area (Å²) in [6.45, 7) is 9.68. The molecule has 5 aromatic rings. The predicted octanol–water partition coefficient (Wildman–Crippen LogP) is 5.10. The van der Waals surface area contributed by atoms with Crippen LogP contribution < -0.4 is 57.2 Å². The molecule has 13 rings (SSSR count). The van der Waals surface area contributed by atoms with E-state index in [1.807, 2.05) is 13.8 Å². The number of carbonyl (C=O) groups excluding carboxylic acids is 9. The van der Waals surface area contributed by atoms with Crippen LogP contribution in [0.5, 0.6) is 46.0 Å². The molecule has 3 saturated heterocycles. The zero-order chi connectivity index (χ0) is 83.3. The molecule has 8 aliphatic rings. The van der Waals surface area contributed by atoms with E-state index in [-0.39, 0.29) is 75.6 Å². The molecule has 18 N–H and O–H groups in total. The highest BCUT2D eigenvalue weighted by Gasteiger charge is 2.56. The Morgan fingerprint density at radius 3 is 2.01 bits per heavy atom. The van der Waals surface area contributed by atoms with E-state index >= 15 is 24.0 Å². The number of amides is 7. The standard InChI is InChI=1S/C79H94Cl2N8O26/c1-7-36(20-33(2)3)72(102)87-62-50(94)24-41(27-57(82)96)73(103)85-60-40-25-54(110-52-16-13-38(64(62)97)22-46(52)80)69(114-77-70(68(101)67(100)56(32-90)112-77)113-58-30-79(6)71(34(4)109-58)115-78(108)89-79)55(26-40)111-53-17-14-39(23-47(53)81)65(98)63-75(105)86-61(76(106)107)44-29-49(93)45(31-83-18-10-8-9-11-19-84-35(5)91)66(99)59(44)43-21-37(12-15-48(43)92)42(28-51(60)95)74(104)88-63/h12-17,21-23,25-26,29,33-34,36,41-42,56,58,60-65,67-68,70-71,77,83,90,92-93,97-101H,7-11,18-20,24,27-28,30-32H2,1-6H3,(H2,82,96)(H,84,91)(H,85,103)(H,86,105)(H,87,102)(H,88,104)(H,89,108)(H,106,107)/t34-,36+,41-,42+,56+,58-,60+,61-,62-,63-,64+,65+,67+,68-,70+,71+,77-,79-/m0/s1. The maximum Gasteiger partial charge on any atom is 0.408 e. The zero-order valence-electron chi connectivity index (χ0n) is 63.5. The maximum absolute atomic E-state index is 16.5. The van der Waals surface area contributed by atoms with Crippen molar-refractivity contribution in [2.45, 2.75) is 209 Å². The number of unbranched alkanes of at least 4 members (excludes halogenated alkanes) is 3. The van der Waals surface area contributed by atoms with Gasteiger partial charge in [0.2, 0.25) is 47.5 Å². The number of Topliss-reactive ketones (excluding diaryl/α,β-unsaturated/α-hetero) is 2. The third-order valence-corrected chi connectivity index (χ3v) is 22.0. The molecular weight excluding hydrogens is 1550 g/mol. The molecule has 0 radical (unpaired) electrons. The van der Waals surface area contributed by atoms with Gasteiger partial charge in [-0.2, -0.15) is 0 Å². The van der Waals surface area contributed by atoms with Gasteiger partial charge in [0.1, 0.15) is 77.4 Å². The summed E-state index contributed by atoms with van der Waals surface area (Å²) in [6.07, 6.45) is -17.4. The normalized spacial score (nSPS) is 27.7. The van der Waals surface area contributed by atoms with E-state index in [1.54, 1.807) is 20.8 Å². The van der Waals surface area contributed by atoms with Gasteiger partial charge in [0.25, 0.3) is 0 Å². The molecule has 11 bridgehead atoms. The van der Waals surface area contributed by atoms with E-state index in [4.69, 9.17) is 62.1 Å². The number of aliphatic hydroxyl groups is 5. The van der Waals surface area contributed by atoms with Crippen LogP contribution in [0, 0.1) is 17.8 Å². The van der Waals surface area contributed by atoms with E-state index in [0.29, 0.717) is 38.8 Å². The third-order valence-electron chi connectivity index (χ3n) is 21.4. The number of nitrogens with two attached hydrogens (primary N) is 1. The quantitative estimate of drug-likeness (QED) is 0.0401. The summed E-state index contributed by atoms with van der Waals surface area (Å²) in [5.74, 6) is -19.3. The Hall–Kier alpha value is -9.98. The molecule has 5 aromatic carbocycles. The van der Waals surface area contributed by atoms with Gasteiger partial charge in [0.15, 0.2) is 47.6 Å². The SMILES string of the molecule is CC[C@H](CC(C)C)C(=O)N[C@H]1C(=O)C[C@@H](CC(N)=O)C(=O)N[C@H]2C(=O)C[C@H]3C(=O)N[C@H](C(=O)N[C@H](C(=O)O)c4cc(O)c(CNCCCCCCNC(C)=O)c(O)c4-c4cc3ccc4O)[C@H](O)c3ccc(c(Cl)c3)Oc3cc2cc(c3O[C@@H]2O[C@H](CO)[C@@H](O)[C@H](O)[C@H]2O[C@H]2C[C@]3(C)NC(=O)O[C@@H]3[C@H](C)O2)Oc2ccc(cc2Cl)[C@H]1O. The molecule has 0 aliphatic carbocycles. The van der Waals surface area contributed by atoms with Gasteiger partial charge in [-0.25, -0.2) is 9.59 Å². The summed E-state index contributed by atoms with van der Waals surface area (Å²) in [6, 6.07) is 4.87. The van der Waals surface area contributed by atoms with Gasteiger partial charge in [-0.05, 0) is 129 Å². The van der Waals surface area contributed by atoms with Gasteiger partial charge in [0.05, 0.1) is 45.7 Å². The Kier molecular flexibility index (Phi) is 27.2. The number of carboxylic acid groups (broad SMARTS) is 1. The number of aliphatic carboxylic acids is 1. The minimum atomic E-state index is -2.29. The lowest BCUT2D eigenvalue weighted by Crippen LogP contribution is -2.63. The number of aromatic hydroxyl groups is 3. The van der Waals surface area contributed by atoms with Gasteiger partial charge in [-0.1, -0.05) is 75.0 Å². The second-order valence-electron chi connectivity index (χ2n) is 30.3. The fraction of sp³-hybridized carbons (Fsp3) is 0.494. The van der Waals surface area contributed by atoms with Crippen molar-refractivity contribution in [2.75, 3.05) is 19.7 Å². The number of ketones is 2. The van der Waals surface area contributed by atoms with Crippen molar-refractivity contribution in [3.8, 4) is 57.1 Å². The number of hydrogen-bond acceptors (Lipinski definition) is 26. The number of halogens is 2. The maximum atomic E-state index is 16.5. The summed E-state index contributed by atoms with van der Waals surface area (Å²) in [5.41, 5.74) is 1.99. The highest BCUT2D eigenvalue weighted by molar-refractivity contribution is 6.32. The molecule has 115 heavy (non-hydrogen) atoms. The van der Waals surface area contributed by atoms with Gasteiger partial charge in [-0.3, -0.25) is 38.4 Å².